The normalized spacial score (nSPS) is 11.0. The zero-order chi connectivity index (χ0) is 22.1. The fourth-order valence-corrected chi connectivity index (χ4v) is 3.31. The maximum Gasteiger partial charge on any atom is 0.335 e. The van der Waals surface area contributed by atoms with Gasteiger partial charge in [0.05, 0.1) is 16.6 Å². The Bertz CT molecular complexity index is 1290. The van der Waals surface area contributed by atoms with Crippen LogP contribution < -0.4 is 9.47 Å². The van der Waals surface area contributed by atoms with Crippen molar-refractivity contribution >= 4 is 17.0 Å². The first-order valence-electron chi connectivity index (χ1n) is 9.86. The van der Waals surface area contributed by atoms with E-state index in [0.29, 0.717) is 23.2 Å². The van der Waals surface area contributed by atoms with Gasteiger partial charge in [-0.1, -0.05) is 6.07 Å². The molecule has 2 heterocycles. The van der Waals surface area contributed by atoms with Crippen molar-refractivity contribution in [3.05, 3.63) is 76.7 Å². The van der Waals surface area contributed by atoms with E-state index in [-0.39, 0.29) is 12.2 Å². The van der Waals surface area contributed by atoms with Gasteiger partial charge in [0.1, 0.15) is 23.9 Å². The second kappa shape index (κ2) is 8.10. The fourth-order valence-electron chi connectivity index (χ4n) is 3.31. The van der Waals surface area contributed by atoms with Crippen molar-refractivity contribution in [2.24, 2.45) is 7.05 Å². The SMILES string of the molecule is Cc1cc(C)c(Oc2ccc3nc(COc4cccc(C(=O)O)c4)n(C)c3c2)nc1C. The highest BCUT2D eigenvalue weighted by molar-refractivity contribution is 5.88. The van der Waals surface area contributed by atoms with Crippen molar-refractivity contribution in [3.63, 3.8) is 0 Å². The van der Waals surface area contributed by atoms with Gasteiger partial charge in [-0.05, 0) is 62.7 Å². The minimum atomic E-state index is -0.991. The van der Waals surface area contributed by atoms with Crippen molar-refractivity contribution in [2.45, 2.75) is 27.4 Å². The number of fused-ring (bicyclic) bond motifs is 1. The highest BCUT2D eigenvalue weighted by Crippen LogP contribution is 2.28. The van der Waals surface area contributed by atoms with E-state index in [2.05, 4.69) is 16.0 Å². The van der Waals surface area contributed by atoms with Crippen molar-refractivity contribution in [2.75, 3.05) is 0 Å². The average Bonchev–Trinajstić information content (AvgIpc) is 3.06. The molecule has 7 heteroatoms. The average molecular weight is 417 g/mol. The summed E-state index contributed by atoms with van der Waals surface area (Å²) < 4.78 is 13.7. The van der Waals surface area contributed by atoms with Gasteiger partial charge in [0.25, 0.3) is 0 Å². The third kappa shape index (κ3) is 4.21. The van der Waals surface area contributed by atoms with Gasteiger partial charge in [0.2, 0.25) is 5.88 Å². The fraction of sp³-hybridized carbons (Fsp3) is 0.208. The van der Waals surface area contributed by atoms with Crippen LogP contribution in [-0.2, 0) is 13.7 Å². The van der Waals surface area contributed by atoms with Crippen LogP contribution in [0.15, 0.2) is 48.5 Å². The summed E-state index contributed by atoms with van der Waals surface area (Å²) in [4.78, 5) is 20.3. The molecule has 0 aliphatic rings. The molecule has 158 valence electrons. The number of carboxylic acid groups (broad SMARTS) is 1. The highest BCUT2D eigenvalue weighted by atomic mass is 16.5. The molecule has 2 aromatic heterocycles. The summed E-state index contributed by atoms with van der Waals surface area (Å²) in [6.07, 6.45) is 0. The molecule has 0 unspecified atom stereocenters. The van der Waals surface area contributed by atoms with Gasteiger partial charge in [-0.25, -0.2) is 14.8 Å². The number of rotatable bonds is 6. The van der Waals surface area contributed by atoms with Gasteiger partial charge in [-0.2, -0.15) is 0 Å². The zero-order valence-electron chi connectivity index (χ0n) is 17.8. The summed E-state index contributed by atoms with van der Waals surface area (Å²) in [5.74, 6) is 1.47. The van der Waals surface area contributed by atoms with Crippen molar-refractivity contribution < 1.29 is 19.4 Å². The lowest BCUT2D eigenvalue weighted by Gasteiger charge is -2.10. The smallest absolute Gasteiger partial charge is 0.335 e. The number of hydrogen-bond acceptors (Lipinski definition) is 5. The topological polar surface area (TPSA) is 86.5 Å². The molecule has 1 N–H and O–H groups in total. The maximum atomic E-state index is 11.1. The third-order valence-corrected chi connectivity index (χ3v) is 5.22. The molecule has 2 aromatic carbocycles. The first-order valence-corrected chi connectivity index (χ1v) is 9.86. The van der Waals surface area contributed by atoms with E-state index < -0.39 is 5.97 Å². The summed E-state index contributed by atoms with van der Waals surface area (Å²) in [7, 11) is 1.91. The van der Waals surface area contributed by atoms with Gasteiger partial charge in [-0.15, -0.1) is 0 Å². The van der Waals surface area contributed by atoms with Crippen molar-refractivity contribution in [1.29, 1.82) is 0 Å². The molecule has 0 saturated heterocycles. The van der Waals surface area contributed by atoms with E-state index in [4.69, 9.17) is 14.6 Å². The number of aromatic carboxylic acids is 1. The minimum absolute atomic E-state index is 0.180. The molecule has 0 aliphatic carbocycles. The Morgan fingerprint density at radius 2 is 1.81 bits per heavy atom. The Morgan fingerprint density at radius 3 is 2.58 bits per heavy atom. The molecule has 4 aromatic rings. The Morgan fingerprint density at radius 1 is 1.00 bits per heavy atom. The quantitative estimate of drug-likeness (QED) is 0.477. The molecular formula is C24H23N3O4. The highest BCUT2D eigenvalue weighted by Gasteiger charge is 2.12. The lowest BCUT2D eigenvalue weighted by Crippen LogP contribution is -2.04. The molecule has 4 rings (SSSR count). The Hall–Kier alpha value is -3.87. The number of imidazole rings is 1. The lowest BCUT2D eigenvalue weighted by atomic mass is 10.2. The van der Waals surface area contributed by atoms with E-state index in [9.17, 15) is 4.79 Å². The molecule has 0 bridgehead atoms. The predicted octanol–water partition coefficient (Wildman–Crippen LogP) is 4.96. The molecule has 31 heavy (non-hydrogen) atoms. The molecule has 0 spiro atoms. The molecule has 0 amide bonds. The Balaban J connectivity index is 1.56. The van der Waals surface area contributed by atoms with E-state index in [1.165, 1.54) is 12.1 Å². The first kappa shape index (κ1) is 20.4. The second-order valence-electron chi connectivity index (χ2n) is 7.47. The summed E-state index contributed by atoms with van der Waals surface area (Å²) >= 11 is 0. The predicted molar refractivity (Wildman–Crippen MR) is 117 cm³/mol. The summed E-state index contributed by atoms with van der Waals surface area (Å²) in [5.41, 5.74) is 4.94. The first-order chi connectivity index (χ1) is 14.8. The van der Waals surface area contributed by atoms with Gasteiger partial charge >= 0.3 is 5.97 Å². The standard InChI is InChI=1S/C24H23N3O4/c1-14-10-15(2)23(25-16(14)3)31-19-8-9-20-21(12-19)27(4)22(26-20)13-30-18-7-5-6-17(11-18)24(28)29/h5-12H,13H2,1-4H3,(H,28,29). The van der Waals surface area contributed by atoms with E-state index >= 15 is 0 Å². The number of carboxylic acids is 1. The van der Waals surface area contributed by atoms with Crippen LogP contribution in [-0.4, -0.2) is 25.6 Å². The van der Waals surface area contributed by atoms with Crippen LogP contribution in [0.25, 0.3) is 11.0 Å². The van der Waals surface area contributed by atoms with Gasteiger partial charge in [-0.3, -0.25) is 0 Å². The van der Waals surface area contributed by atoms with Crippen LogP contribution in [0.5, 0.6) is 17.4 Å². The monoisotopic (exact) mass is 417 g/mol. The third-order valence-electron chi connectivity index (χ3n) is 5.22. The molecular weight excluding hydrogens is 394 g/mol. The van der Waals surface area contributed by atoms with E-state index in [1.54, 1.807) is 12.1 Å². The van der Waals surface area contributed by atoms with Crippen LogP contribution >= 0.6 is 0 Å². The zero-order valence-corrected chi connectivity index (χ0v) is 17.8. The number of pyridine rings is 1. The van der Waals surface area contributed by atoms with Crippen molar-refractivity contribution in [1.82, 2.24) is 14.5 Å². The number of nitrogens with zero attached hydrogens (tertiary/aromatic N) is 3. The van der Waals surface area contributed by atoms with Crippen LogP contribution in [0.1, 0.15) is 33.0 Å². The Kier molecular flexibility index (Phi) is 5.33. The second-order valence-corrected chi connectivity index (χ2v) is 7.47. The Labute approximate surface area is 179 Å². The summed E-state index contributed by atoms with van der Waals surface area (Å²) in [6.45, 7) is 6.18. The van der Waals surface area contributed by atoms with E-state index in [0.717, 1.165) is 27.9 Å². The number of benzene rings is 2. The van der Waals surface area contributed by atoms with E-state index in [1.807, 2.05) is 50.6 Å². The van der Waals surface area contributed by atoms with Crippen LogP contribution in [0, 0.1) is 20.8 Å². The molecule has 0 saturated carbocycles. The number of aromatic nitrogens is 3. The van der Waals surface area contributed by atoms with Crippen molar-refractivity contribution in [3.8, 4) is 17.4 Å². The molecule has 0 radical (unpaired) electrons. The maximum absolute atomic E-state index is 11.1. The summed E-state index contributed by atoms with van der Waals surface area (Å²) in [6, 6.07) is 14.2. The number of carbonyl (C=O) groups is 1. The molecule has 7 nitrogen and oxygen atoms in total. The number of ether oxygens (including phenoxy) is 2. The molecule has 0 atom stereocenters. The van der Waals surface area contributed by atoms with Gasteiger partial charge in [0.15, 0.2) is 0 Å². The number of aryl methyl sites for hydroxylation is 4. The van der Waals surface area contributed by atoms with Gasteiger partial charge < -0.3 is 19.1 Å². The minimum Gasteiger partial charge on any atom is -0.486 e. The number of hydrogen-bond donors (Lipinski definition) is 1. The van der Waals surface area contributed by atoms with Crippen LogP contribution in [0.2, 0.25) is 0 Å². The van der Waals surface area contributed by atoms with Crippen LogP contribution in [0.4, 0.5) is 0 Å². The summed E-state index contributed by atoms with van der Waals surface area (Å²) in [5, 5.41) is 9.12. The molecule has 0 aliphatic heterocycles. The lowest BCUT2D eigenvalue weighted by molar-refractivity contribution is 0.0696. The van der Waals surface area contributed by atoms with Gasteiger partial charge in [0, 0.05) is 24.4 Å². The largest absolute Gasteiger partial charge is 0.486 e. The van der Waals surface area contributed by atoms with Crippen LogP contribution in [0.3, 0.4) is 0 Å². The molecule has 0 fully saturated rings.